The van der Waals surface area contributed by atoms with E-state index in [1.54, 1.807) is 5.48 Å². The lowest BCUT2D eigenvalue weighted by Gasteiger charge is -2.22. The molecule has 51 heavy (non-hydrogen) atoms. The highest BCUT2D eigenvalue weighted by Gasteiger charge is 2.25. The van der Waals surface area contributed by atoms with Crippen molar-refractivity contribution >= 4 is 23.7 Å². The SMILES string of the molecule is NC(=O)COCc1noc([C@H](CCCC2CCCCC2)CC(=O)NO)n1.NC(=O)COCc1noc([C@H](CCCC2CCCCC2)CC(=O)O)n1. The van der Waals surface area contributed by atoms with Gasteiger partial charge in [-0.1, -0.05) is 100 Å². The number of aromatic nitrogens is 4. The first kappa shape index (κ1) is 41.5. The van der Waals surface area contributed by atoms with Crippen LogP contribution in [0, 0.1) is 11.8 Å². The number of primary amides is 2. The van der Waals surface area contributed by atoms with Crippen LogP contribution in [0.15, 0.2) is 9.05 Å². The Kier molecular flexibility index (Phi) is 19.1. The fourth-order valence-electron chi connectivity index (χ4n) is 6.83. The maximum atomic E-state index is 11.6. The van der Waals surface area contributed by atoms with E-state index in [9.17, 15) is 19.2 Å². The van der Waals surface area contributed by atoms with E-state index >= 15 is 0 Å². The Hall–Kier alpha value is -3.96. The maximum absolute atomic E-state index is 11.6. The third-order valence-corrected chi connectivity index (χ3v) is 9.37. The molecule has 2 aliphatic rings. The molecule has 4 rings (SSSR count). The first-order valence-corrected chi connectivity index (χ1v) is 18.1. The summed E-state index contributed by atoms with van der Waals surface area (Å²) in [6, 6.07) is 0. The summed E-state index contributed by atoms with van der Waals surface area (Å²) in [7, 11) is 0. The number of nitrogens with zero attached hydrogens (tertiary/aromatic N) is 4. The molecule has 0 spiro atoms. The molecule has 286 valence electrons. The van der Waals surface area contributed by atoms with Crippen LogP contribution in [0.2, 0.25) is 0 Å². The highest BCUT2D eigenvalue weighted by molar-refractivity contribution is 5.75. The van der Waals surface area contributed by atoms with E-state index in [1.807, 2.05) is 0 Å². The molecule has 17 heteroatoms. The van der Waals surface area contributed by atoms with Crippen LogP contribution in [0.4, 0.5) is 0 Å². The van der Waals surface area contributed by atoms with Crippen LogP contribution in [0.1, 0.15) is 151 Å². The van der Waals surface area contributed by atoms with Gasteiger partial charge in [0.1, 0.15) is 26.4 Å². The average Bonchev–Trinajstić information content (AvgIpc) is 3.78. The number of carbonyl (C=O) groups excluding carboxylic acids is 3. The van der Waals surface area contributed by atoms with Gasteiger partial charge in [0.2, 0.25) is 29.5 Å². The fourth-order valence-corrected chi connectivity index (χ4v) is 6.83. The van der Waals surface area contributed by atoms with E-state index in [-0.39, 0.29) is 51.1 Å². The molecule has 0 unspecified atom stereocenters. The van der Waals surface area contributed by atoms with Crippen LogP contribution in [-0.2, 0) is 41.9 Å². The highest BCUT2D eigenvalue weighted by atomic mass is 16.5. The third kappa shape index (κ3) is 17.2. The molecule has 0 radical (unpaired) electrons. The van der Waals surface area contributed by atoms with E-state index in [4.69, 9.17) is 40.3 Å². The number of carbonyl (C=O) groups is 4. The molecule has 7 N–H and O–H groups in total. The molecule has 2 saturated carbocycles. The smallest absolute Gasteiger partial charge is 0.304 e. The number of carboxylic acid groups (broad SMARTS) is 1. The van der Waals surface area contributed by atoms with Crippen LogP contribution < -0.4 is 16.9 Å². The number of amides is 3. The van der Waals surface area contributed by atoms with Crippen LogP contribution in [0.3, 0.4) is 0 Å². The number of hydroxylamine groups is 1. The molecule has 3 amide bonds. The summed E-state index contributed by atoms with van der Waals surface area (Å²) in [5, 5.41) is 25.5. The molecule has 0 aliphatic heterocycles. The molecule has 2 fully saturated rings. The summed E-state index contributed by atoms with van der Waals surface area (Å²) in [4.78, 5) is 52.5. The lowest BCUT2D eigenvalue weighted by Crippen LogP contribution is -2.21. The Morgan fingerprint density at radius 1 is 0.725 bits per heavy atom. The van der Waals surface area contributed by atoms with Crippen LogP contribution in [0.5, 0.6) is 0 Å². The summed E-state index contributed by atoms with van der Waals surface area (Å²) in [5.41, 5.74) is 11.6. The molecular weight excluding hydrogens is 666 g/mol. The van der Waals surface area contributed by atoms with Crippen molar-refractivity contribution in [3.8, 4) is 0 Å². The number of hydrogen-bond donors (Lipinski definition) is 5. The van der Waals surface area contributed by atoms with Gasteiger partial charge in [-0.05, 0) is 24.7 Å². The Morgan fingerprint density at radius 3 is 1.55 bits per heavy atom. The average molecular weight is 722 g/mol. The van der Waals surface area contributed by atoms with Gasteiger partial charge >= 0.3 is 5.97 Å². The Balaban J connectivity index is 0.000000276. The van der Waals surface area contributed by atoms with Crippen molar-refractivity contribution in [3.05, 3.63) is 23.4 Å². The van der Waals surface area contributed by atoms with Crippen molar-refractivity contribution < 1.29 is 48.0 Å². The minimum absolute atomic E-state index is 0.00737. The van der Waals surface area contributed by atoms with Gasteiger partial charge < -0.3 is 35.1 Å². The second-order valence-corrected chi connectivity index (χ2v) is 13.6. The van der Waals surface area contributed by atoms with Crippen LogP contribution in [-0.4, -0.2) is 67.5 Å². The van der Waals surface area contributed by atoms with Gasteiger partial charge in [-0.15, -0.1) is 0 Å². The first-order chi connectivity index (χ1) is 24.6. The summed E-state index contributed by atoms with van der Waals surface area (Å²) in [6.45, 7) is -0.423. The molecule has 2 aliphatic carbocycles. The number of nitrogens with two attached hydrogens (primary N) is 2. The van der Waals surface area contributed by atoms with Gasteiger partial charge in [0.15, 0.2) is 11.6 Å². The number of hydrogen-bond acceptors (Lipinski definition) is 13. The Labute approximate surface area is 297 Å². The predicted molar refractivity (Wildman–Crippen MR) is 179 cm³/mol. The van der Waals surface area contributed by atoms with Gasteiger partial charge in [-0.25, -0.2) is 5.48 Å². The monoisotopic (exact) mass is 721 g/mol. The predicted octanol–water partition coefficient (Wildman–Crippen LogP) is 4.18. The van der Waals surface area contributed by atoms with Gasteiger partial charge in [-0.3, -0.25) is 24.4 Å². The largest absolute Gasteiger partial charge is 0.481 e. The third-order valence-electron chi connectivity index (χ3n) is 9.37. The molecule has 2 heterocycles. The van der Waals surface area contributed by atoms with Gasteiger partial charge in [-0.2, -0.15) is 9.97 Å². The summed E-state index contributed by atoms with van der Waals surface area (Å²) < 4.78 is 20.6. The van der Waals surface area contributed by atoms with Crippen molar-refractivity contribution in [1.29, 1.82) is 0 Å². The zero-order valence-electron chi connectivity index (χ0n) is 29.5. The Morgan fingerprint density at radius 2 is 1.16 bits per heavy atom. The number of nitrogens with one attached hydrogen (secondary N) is 1. The molecule has 17 nitrogen and oxygen atoms in total. The zero-order valence-corrected chi connectivity index (χ0v) is 29.5. The first-order valence-electron chi connectivity index (χ1n) is 18.1. The topological polar surface area (TPSA) is 269 Å². The number of ether oxygens (including phenoxy) is 2. The van der Waals surface area contributed by atoms with E-state index in [2.05, 4.69) is 20.3 Å². The standard InChI is InChI=1S/C17H28N4O5.C17H27N3O5/c18-14(22)10-25-11-15-19-17(26-21-15)13(9-16(23)20-24)8-4-7-12-5-2-1-3-6-12;18-14(21)10-24-11-15-19-17(25-20-15)13(9-16(22)23)8-4-7-12-5-2-1-3-6-12/h12-13,24H,1-11H2,(H2,18,22)(H,20,23);12-13H,1-11H2,(H2,18,21)(H,22,23)/t2*13-/m11/s1. The second-order valence-electron chi connectivity index (χ2n) is 13.6. The van der Waals surface area contributed by atoms with Gasteiger partial charge in [0.05, 0.1) is 6.42 Å². The van der Waals surface area contributed by atoms with Gasteiger partial charge in [0, 0.05) is 18.3 Å². The van der Waals surface area contributed by atoms with Crippen molar-refractivity contribution in [1.82, 2.24) is 25.8 Å². The number of rotatable bonds is 22. The van der Waals surface area contributed by atoms with Crippen LogP contribution >= 0.6 is 0 Å². The van der Waals surface area contributed by atoms with Crippen molar-refractivity contribution in [2.75, 3.05) is 13.2 Å². The molecule has 0 bridgehead atoms. The lowest BCUT2D eigenvalue weighted by molar-refractivity contribution is -0.137. The quantitative estimate of drug-likeness (QED) is 0.0843. The van der Waals surface area contributed by atoms with Crippen molar-refractivity contribution in [2.24, 2.45) is 23.3 Å². The van der Waals surface area contributed by atoms with E-state index < -0.39 is 23.7 Å². The minimum Gasteiger partial charge on any atom is -0.481 e. The van der Waals surface area contributed by atoms with E-state index in [1.165, 1.54) is 64.2 Å². The molecule has 0 aromatic carbocycles. The van der Waals surface area contributed by atoms with Crippen LogP contribution in [0.25, 0.3) is 0 Å². The maximum Gasteiger partial charge on any atom is 0.304 e. The minimum atomic E-state index is -0.882. The molecule has 0 saturated heterocycles. The molecule has 2 aromatic heterocycles. The number of carboxylic acids is 1. The van der Waals surface area contributed by atoms with E-state index in [0.717, 1.165) is 43.9 Å². The van der Waals surface area contributed by atoms with E-state index in [0.29, 0.717) is 29.9 Å². The zero-order chi connectivity index (χ0) is 36.8. The molecular formula is C34H55N7O10. The fraction of sp³-hybridized carbons (Fsp3) is 0.765. The van der Waals surface area contributed by atoms with Crippen molar-refractivity contribution in [3.63, 3.8) is 0 Å². The summed E-state index contributed by atoms with van der Waals surface area (Å²) in [6.07, 6.45) is 18.7. The summed E-state index contributed by atoms with van der Waals surface area (Å²) >= 11 is 0. The molecule has 2 aromatic rings. The lowest BCUT2D eigenvalue weighted by atomic mass is 9.84. The Bertz CT molecular complexity index is 1320. The number of aliphatic carboxylic acids is 1. The normalized spacial score (nSPS) is 16.5. The summed E-state index contributed by atoms with van der Waals surface area (Å²) in [5.74, 6) is -0.299. The molecule has 2 atom stereocenters. The van der Waals surface area contributed by atoms with Gasteiger partial charge in [0.25, 0.3) is 0 Å². The highest BCUT2D eigenvalue weighted by Crippen LogP contribution is 2.32. The van der Waals surface area contributed by atoms with Crippen molar-refractivity contribution in [2.45, 2.75) is 141 Å². The second kappa shape index (κ2) is 23.5.